The van der Waals surface area contributed by atoms with Crippen LogP contribution in [0.5, 0.6) is 0 Å². The van der Waals surface area contributed by atoms with Gasteiger partial charge in [0.15, 0.2) is 0 Å². The van der Waals surface area contributed by atoms with Crippen LogP contribution in [0, 0.1) is 0 Å². The molecule has 0 unspecified atom stereocenters. The first-order chi connectivity index (χ1) is 69.0. The van der Waals surface area contributed by atoms with E-state index in [4.69, 9.17) is 14.4 Å². The van der Waals surface area contributed by atoms with E-state index in [0.717, 1.165) is 111 Å². The average molecular weight is 1760 g/mol. The Labute approximate surface area is 799 Å². The van der Waals surface area contributed by atoms with E-state index in [1.165, 1.54) is 171 Å². The zero-order valence-corrected chi connectivity index (χ0v) is 75.3. The fraction of sp³-hybridized carbons (Fsp3) is 0.0226. The van der Waals surface area contributed by atoms with Gasteiger partial charge in [0.25, 0.3) is 0 Å². The largest absolute Gasteiger partial charge is 0.439 e. The van der Waals surface area contributed by atoms with Crippen LogP contribution in [0.4, 0.5) is 0 Å². The maximum absolute atomic E-state index is 6.92. The Kier molecular flexibility index (Phi) is 15.6. The predicted octanol–water partition coefficient (Wildman–Crippen LogP) is 33.2. The normalized spacial score (nSPS) is 13.8. The molecule has 5 aliphatic rings. The van der Waals surface area contributed by atoms with Gasteiger partial charge in [0.05, 0.1) is 71.6 Å². The van der Waals surface area contributed by atoms with E-state index in [-0.39, 0.29) is 0 Å². The third-order valence-electron chi connectivity index (χ3n) is 31.7. The fourth-order valence-electron chi connectivity index (χ4n) is 26.3. The highest BCUT2D eigenvalue weighted by atomic mass is 16.3. The van der Waals surface area contributed by atoms with Crippen LogP contribution >= 0.6 is 0 Å². The zero-order valence-electron chi connectivity index (χ0n) is 75.3. The lowest BCUT2D eigenvalue weighted by atomic mass is 9.67. The zero-order chi connectivity index (χ0) is 90.7. The van der Waals surface area contributed by atoms with Crippen molar-refractivity contribution in [1.82, 2.24) is 23.7 Å². The molecule has 0 aliphatic heterocycles. The predicted molar refractivity (Wildman–Crippen MR) is 572 cm³/mol. The second kappa shape index (κ2) is 28.5. The molecule has 6 heterocycles. The van der Waals surface area contributed by atoms with Gasteiger partial charge in [0.1, 0.15) is 5.58 Å². The second-order valence-corrected chi connectivity index (χ2v) is 38.2. The summed E-state index contributed by atoms with van der Waals surface area (Å²) in [4.78, 5) is 11.2. The molecule has 0 radical (unpaired) electrons. The van der Waals surface area contributed by atoms with E-state index in [1.54, 1.807) is 0 Å². The van der Waals surface area contributed by atoms with Gasteiger partial charge in [-0.1, -0.05) is 364 Å². The van der Waals surface area contributed by atoms with Crippen LogP contribution in [0.1, 0.15) is 66.8 Å². The molecule has 32 rings (SSSR count). The minimum absolute atomic E-state index is 0.434. The number of hydrogen-bond donors (Lipinski definition) is 0. The monoisotopic (exact) mass is 1760 g/mol. The van der Waals surface area contributed by atoms with E-state index in [1.807, 2.05) is 0 Å². The number of fused-ring (bicyclic) bond motifs is 40. The van der Waals surface area contributed by atoms with Gasteiger partial charge in [-0.25, -0.2) is 9.97 Å². The van der Waals surface area contributed by atoms with Crippen LogP contribution in [-0.2, 0) is 16.2 Å². The van der Waals surface area contributed by atoms with Crippen LogP contribution in [0.25, 0.3) is 215 Å². The highest BCUT2D eigenvalue weighted by Gasteiger charge is 2.54. The number of para-hydroxylation sites is 6. The first-order valence-electron chi connectivity index (χ1n) is 48.2. The van der Waals surface area contributed by atoms with Crippen LogP contribution in [0.3, 0.4) is 0 Å². The molecule has 0 bridgehead atoms. The molecule has 139 heavy (non-hydrogen) atoms. The fourth-order valence-corrected chi connectivity index (χ4v) is 26.3. The van der Waals surface area contributed by atoms with Crippen molar-refractivity contribution < 1.29 is 4.42 Å². The van der Waals surface area contributed by atoms with Gasteiger partial charge in [-0.3, -0.25) is 4.57 Å². The molecule has 0 saturated heterocycles. The van der Waals surface area contributed by atoms with Crippen molar-refractivity contribution >= 4 is 120 Å². The summed E-state index contributed by atoms with van der Waals surface area (Å²) in [5, 5.41) is 15.3. The quantitative estimate of drug-likeness (QED) is 0.149. The molecule has 6 nitrogen and oxygen atoms in total. The van der Waals surface area contributed by atoms with E-state index < -0.39 is 16.2 Å². The Hall–Kier alpha value is -18.1. The minimum atomic E-state index is -0.487. The highest BCUT2D eigenvalue weighted by molar-refractivity contribution is 6.25. The van der Waals surface area contributed by atoms with Crippen molar-refractivity contribution in [2.45, 2.75) is 16.2 Å². The van der Waals surface area contributed by atoms with Crippen molar-refractivity contribution in [3.05, 3.63) is 546 Å². The Morgan fingerprint density at radius 1 is 0.180 bits per heavy atom. The van der Waals surface area contributed by atoms with Crippen molar-refractivity contribution in [3.63, 3.8) is 0 Å². The molecule has 6 heteroatoms. The molecule has 0 saturated carbocycles. The maximum Gasteiger partial charge on any atom is 0.213 e. The lowest BCUT2D eigenvalue weighted by molar-refractivity contribution is 0.645. The molecule has 0 atom stereocenters. The smallest absolute Gasteiger partial charge is 0.213 e. The lowest BCUT2D eigenvalue weighted by Crippen LogP contribution is -2.28. The number of nitrogens with zero attached hydrogens (tertiary/aromatic N) is 5. The molecule has 2 spiro atoms. The molecule has 642 valence electrons. The third-order valence-corrected chi connectivity index (χ3v) is 31.7. The van der Waals surface area contributed by atoms with E-state index in [9.17, 15) is 0 Å². The van der Waals surface area contributed by atoms with Gasteiger partial charge in [0.2, 0.25) is 5.71 Å². The van der Waals surface area contributed by atoms with Crippen molar-refractivity contribution in [3.8, 4) is 95.2 Å². The molecule has 0 fully saturated rings. The molecular weight excluding hydrogens is 1680 g/mol. The maximum atomic E-state index is 6.92. The summed E-state index contributed by atoms with van der Waals surface area (Å²) in [6.45, 7) is 0. The van der Waals surface area contributed by atoms with Crippen molar-refractivity contribution in [2.75, 3.05) is 0 Å². The first kappa shape index (κ1) is 76.3. The Morgan fingerprint density at radius 3 is 0.978 bits per heavy atom. The molecule has 0 N–H and O–H groups in total. The van der Waals surface area contributed by atoms with Crippen molar-refractivity contribution in [1.29, 1.82) is 0 Å². The third kappa shape index (κ3) is 10.1. The molecular formula is C133H79N5O. The molecule has 27 aromatic rings. The summed E-state index contributed by atoms with van der Waals surface area (Å²) in [5.74, 6) is 0. The van der Waals surface area contributed by atoms with Crippen LogP contribution in [0.15, 0.2) is 484 Å². The Balaban J connectivity index is 0.000000129. The topological polar surface area (TPSA) is 53.7 Å². The number of aromatic nitrogens is 5. The molecule has 6 aromatic heterocycles. The molecule has 0 amide bonds. The number of benzene rings is 21. The van der Waals surface area contributed by atoms with E-state index >= 15 is 0 Å². The Morgan fingerprint density at radius 2 is 0.504 bits per heavy atom. The minimum Gasteiger partial charge on any atom is -0.439 e. The van der Waals surface area contributed by atoms with Crippen LogP contribution in [0.2, 0.25) is 0 Å². The average Bonchev–Trinajstić information content (AvgIpc) is 1.50. The number of furan rings is 1. The summed E-state index contributed by atoms with van der Waals surface area (Å²) in [6.07, 6.45) is 0. The van der Waals surface area contributed by atoms with Gasteiger partial charge in [-0.05, 0) is 248 Å². The molecule has 5 aliphatic carbocycles. The number of rotatable bonds is 7. The van der Waals surface area contributed by atoms with Crippen LogP contribution in [-0.4, -0.2) is 23.7 Å². The van der Waals surface area contributed by atoms with Gasteiger partial charge in [-0.15, -0.1) is 0 Å². The summed E-state index contributed by atoms with van der Waals surface area (Å²) < 4.78 is 14.1. The summed E-state index contributed by atoms with van der Waals surface area (Å²) in [6, 6.07) is 178. The van der Waals surface area contributed by atoms with Gasteiger partial charge < -0.3 is 13.6 Å². The highest BCUT2D eigenvalue weighted by Crippen LogP contribution is 2.67. The second-order valence-electron chi connectivity index (χ2n) is 38.2. The van der Waals surface area contributed by atoms with Gasteiger partial charge >= 0.3 is 0 Å². The summed E-state index contributed by atoms with van der Waals surface area (Å²) >= 11 is 0. The summed E-state index contributed by atoms with van der Waals surface area (Å²) in [5.41, 5.74) is 44.2. The van der Waals surface area contributed by atoms with Gasteiger partial charge in [0, 0.05) is 82.1 Å². The number of pyridine rings is 2. The van der Waals surface area contributed by atoms with Crippen molar-refractivity contribution in [2.24, 2.45) is 0 Å². The van der Waals surface area contributed by atoms with E-state index in [2.05, 4.69) is 493 Å². The number of hydrogen-bond acceptors (Lipinski definition) is 3. The lowest BCUT2D eigenvalue weighted by Gasteiger charge is -2.33. The first-order valence-corrected chi connectivity index (χ1v) is 48.2. The molecule has 21 aromatic carbocycles. The standard InChI is InChI=1S/C69H42N2.C64H37N3O/c1-3-21-44(22-4-1)68(45-23-5-2-6-24-45)58-32-13-9-29-50(58)55-42-66-56(41-62(55)68)52-31-12-18-37-65(52)71(66)46-25-19-20-43(38-46)67-57-39-54-49-28-10-16-35-61(49)69(63(54)40-53(57)51-30-11-17-36-64(51)70-67)59-33-14-7-26-47(59)48-27-8-15-34-60(48)69;1-2-18-39(19-3-1)66-57-31-14-8-25-45(57)49-36-59-51(37-58(49)66)61-46-26-9-15-32-60(46)68-63(61)67(59)40-20-16-17-38(33-40)62-50-34-48-43-23-6-12-29-54(43)64(55(48)35-47(50)44-24-7-13-30-56(44)65-62)52-27-10-4-21-41(52)42-22-5-11-28-53(42)64/h1-42H;1-37H. The van der Waals surface area contributed by atoms with Crippen LogP contribution < -0.4 is 0 Å². The SMILES string of the molecule is c1ccc(-n2c3ccccc3c3cc4c(cc32)c2c3ccccc3oc2n4-c2cccc(-c3nc4ccccc4c4cc5c(cc34)-c3ccccc3C53c4ccccc4-c4ccccc43)c2)cc1.c1ccc(C2(c3ccccc3)c3ccccc3-c3cc4c(cc32)c2ccccc2n4-c2cccc(-c3nc4ccccc4c4cc5c(cc34)-c3ccccc3C53c4ccccc4-c4ccccc43)c2)cc1. The Bertz CT molecular complexity index is 9930. The van der Waals surface area contributed by atoms with Gasteiger partial charge in [-0.2, -0.15) is 0 Å². The van der Waals surface area contributed by atoms with E-state index in [0.29, 0.717) is 0 Å². The summed E-state index contributed by atoms with van der Waals surface area (Å²) in [7, 11) is 0.